The summed E-state index contributed by atoms with van der Waals surface area (Å²) < 4.78 is 0. The average Bonchev–Trinajstić information content (AvgIpc) is 2.63. The van der Waals surface area contributed by atoms with E-state index >= 15 is 0 Å². The number of carbonyl (C=O) groups is 2. The van der Waals surface area contributed by atoms with Crippen LogP contribution in [-0.4, -0.2) is 80.8 Å². The standard InChI is InChI=1S/C17H39N7O2/c1-2-12-23(13-7-18)16(25)21-10-5-3-4-6-11-22-17(26)24(14-8-19)15-9-20/h2-15,18-20H2,1H3,(H,21,25)(H,22,26). The number of nitrogens with zero attached hydrogens (tertiary/aromatic N) is 2. The van der Waals surface area contributed by atoms with Crippen molar-refractivity contribution < 1.29 is 9.59 Å². The maximum absolute atomic E-state index is 12.0. The molecule has 0 unspecified atom stereocenters. The molecule has 0 aromatic heterocycles. The Kier molecular flexibility index (Phi) is 15.8. The average molecular weight is 374 g/mol. The number of carbonyl (C=O) groups excluding carboxylic acids is 2. The van der Waals surface area contributed by atoms with Crippen LogP contribution in [0.4, 0.5) is 9.59 Å². The lowest BCUT2D eigenvalue weighted by Gasteiger charge is -2.22. The predicted octanol–water partition coefficient (Wildman–Crippen LogP) is -0.144. The first-order chi connectivity index (χ1) is 12.6. The molecule has 0 bridgehead atoms. The van der Waals surface area contributed by atoms with Crippen molar-refractivity contribution >= 4 is 12.1 Å². The summed E-state index contributed by atoms with van der Waals surface area (Å²) in [7, 11) is 0. The van der Waals surface area contributed by atoms with Crippen LogP contribution < -0.4 is 27.8 Å². The van der Waals surface area contributed by atoms with Gasteiger partial charge in [-0.15, -0.1) is 0 Å². The minimum Gasteiger partial charge on any atom is -0.338 e. The highest BCUT2D eigenvalue weighted by atomic mass is 16.2. The predicted molar refractivity (Wildman–Crippen MR) is 106 cm³/mol. The molecule has 0 aromatic carbocycles. The Morgan fingerprint density at radius 3 is 1.42 bits per heavy atom. The third kappa shape index (κ3) is 11.9. The first-order valence-corrected chi connectivity index (χ1v) is 9.76. The minimum absolute atomic E-state index is 0.0375. The van der Waals surface area contributed by atoms with Crippen LogP contribution in [0.15, 0.2) is 0 Å². The summed E-state index contributed by atoms with van der Waals surface area (Å²) in [5.41, 5.74) is 16.5. The Morgan fingerprint density at radius 1 is 0.692 bits per heavy atom. The van der Waals surface area contributed by atoms with E-state index < -0.39 is 0 Å². The van der Waals surface area contributed by atoms with Crippen LogP contribution in [0.5, 0.6) is 0 Å². The number of nitrogens with two attached hydrogens (primary N) is 3. The molecule has 0 aliphatic carbocycles. The van der Waals surface area contributed by atoms with Crippen LogP contribution >= 0.6 is 0 Å². The van der Waals surface area contributed by atoms with Gasteiger partial charge in [0.05, 0.1) is 0 Å². The third-order valence-electron chi connectivity index (χ3n) is 3.92. The smallest absolute Gasteiger partial charge is 0.317 e. The van der Waals surface area contributed by atoms with Crippen LogP contribution in [0, 0.1) is 0 Å². The van der Waals surface area contributed by atoms with E-state index in [-0.39, 0.29) is 12.1 Å². The molecule has 154 valence electrons. The first-order valence-electron chi connectivity index (χ1n) is 9.76. The lowest BCUT2D eigenvalue weighted by molar-refractivity contribution is 0.198. The van der Waals surface area contributed by atoms with Gasteiger partial charge in [0, 0.05) is 58.9 Å². The van der Waals surface area contributed by atoms with Gasteiger partial charge in [-0.1, -0.05) is 19.8 Å². The lowest BCUT2D eigenvalue weighted by Crippen LogP contribution is -2.45. The maximum Gasteiger partial charge on any atom is 0.317 e. The molecule has 0 aromatic rings. The maximum atomic E-state index is 12.0. The van der Waals surface area contributed by atoms with Crippen LogP contribution in [-0.2, 0) is 0 Å². The molecule has 0 aliphatic heterocycles. The van der Waals surface area contributed by atoms with Gasteiger partial charge >= 0.3 is 12.1 Å². The van der Waals surface area contributed by atoms with Gasteiger partial charge in [0.2, 0.25) is 0 Å². The molecule has 0 spiro atoms. The second-order valence-corrected chi connectivity index (χ2v) is 6.22. The molecular weight excluding hydrogens is 334 g/mol. The van der Waals surface area contributed by atoms with Crippen LogP contribution in [0.3, 0.4) is 0 Å². The topological polar surface area (TPSA) is 143 Å². The Bertz CT molecular complexity index is 323. The van der Waals surface area contributed by atoms with Crippen LogP contribution in [0.25, 0.3) is 0 Å². The van der Waals surface area contributed by atoms with Crippen molar-refractivity contribution in [1.82, 2.24) is 20.4 Å². The third-order valence-corrected chi connectivity index (χ3v) is 3.92. The van der Waals surface area contributed by atoms with Crippen LogP contribution in [0.1, 0.15) is 39.0 Å². The van der Waals surface area contributed by atoms with Crippen molar-refractivity contribution in [3.63, 3.8) is 0 Å². The molecule has 0 saturated carbocycles. The number of nitrogens with one attached hydrogen (secondary N) is 2. The highest BCUT2D eigenvalue weighted by Crippen LogP contribution is 1.99. The van der Waals surface area contributed by atoms with Crippen molar-refractivity contribution in [2.24, 2.45) is 17.2 Å². The van der Waals surface area contributed by atoms with Gasteiger partial charge in [0.1, 0.15) is 0 Å². The van der Waals surface area contributed by atoms with E-state index in [1.54, 1.807) is 9.80 Å². The minimum atomic E-state index is -0.107. The Morgan fingerprint density at radius 2 is 1.08 bits per heavy atom. The molecule has 0 heterocycles. The molecular formula is C17H39N7O2. The van der Waals surface area contributed by atoms with Gasteiger partial charge in [0.15, 0.2) is 0 Å². The number of hydrogen-bond acceptors (Lipinski definition) is 5. The van der Waals surface area contributed by atoms with E-state index in [1.807, 2.05) is 6.92 Å². The number of hydrogen-bond donors (Lipinski definition) is 5. The van der Waals surface area contributed by atoms with Gasteiger partial charge < -0.3 is 37.6 Å². The van der Waals surface area contributed by atoms with Crippen LogP contribution in [0.2, 0.25) is 0 Å². The SMILES string of the molecule is CCCN(CCN)C(=O)NCCCCCCNC(=O)N(CCN)CCN. The zero-order valence-electron chi connectivity index (χ0n) is 16.3. The Hall–Kier alpha value is -1.58. The Balaban J connectivity index is 3.71. The highest BCUT2D eigenvalue weighted by Gasteiger charge is 2.11. The van der Waals surface area contributed by atoms with Gasteiger partial charge in [-0.25, -0.2) is 9.59 Å². The van der Waals surface area contributed by atoms with Gasteiger partial charge in [0.25, 0.3) is 0 Å². The Labute approximate surface area is 158 Å². The normalized spacial score (nSPS) is 10.5. The summed E-state index contributed by atoms with van der Waals surface area (Å²) in [6.07, 6.45) is 4.78. The molecule has 26 heavy (non-hydrogen) atoms. The molecule has 0 radical (unpaired) electrons. The van der Waals surface area contributed by atoms with Gasteiger partial charge in [-0.3, -0.25) is 0 Å². The monoisotopic (exact) mass is 373 g/mol. The van der Waals surface area contributed by atoms with E-state index in [9.17, 15) is 9.59 Å². The summed E-state index contributed by atoms with van der Waals surface area (Å²) >= 11 is 0. The molecule has 9 heteroatoms. The number of amides is 4. The quantitative estimate of drug-likeness (QED) is 0.254. The summed E-state index contributed by atoms with van der Waals surface area (Å²) in [4.78, 5) is 27.3. The molecule has 0 rings (SSSR count). The summed E-state index contributed by atoms with van der Waals surface area (Å²) in [5, 5.41) is 5.83. The first kappa shape index (κ1) is 24.4. The molecule has 0 atom stereocenters. The second kappa shape index (κ2) is 16.9. The van der Waals surface area contributed by atoms with Crippen molar-refractivity contribution in [1.29, 1.82) is 0 Å². The fourth-order valence-corrected chi connectivity index (χ4v) is 2.59. The van der Waals surface area contributed by atoms with E-state index in [1.165, 1.54) is 0 Å². The van der Waals surface area contributed by atoms with E-state index in [0.29, 0.717) is 52.4 Å². The fraction of sp³-hybridized carbons (Fsp3) is 0.882. The van der Waals surface area contributed by atoms with Crippen molar-refractivity contribution in [3.05, 3.63) is 0 Å². The zero-order chi connectivity index (χ0) is 19.6. The fourth-order valence-electron chi connectivity index (χ4n) is 2.59. The van der Waals surface area contributed by atoms with Crippen molar-refractivity contribution in [2.75, 3.05) is 58.9 Å². The number of unbranched alkanes of at least 4 members (excludes halogenated alkanes) is 3. The largest absolute Gasteiger partial charge is 0.338 e. The molecule has 9 nitrogen and oxygen atoms in total. The van der Waals surface area contributed by atoms with Crippen molar-refractivity contribution in [2.45, 2.75) is 39.0 Å². The highest BCUT2D eigenvalue weighted by molar-refractivity contribution is 5.74. The van der Waals surface area contributed by atoms with E-state index in [4.69, 9.17) is 17.2 Å². The molecule has 0 saturated heterocycles. The van der Waals surface area contributed by atoms with Gasteiger partial charge in [-0.05, 0) is 19.3 Å². The molecule has 4 amide bonds. The number of urea groups is 2. The van der Waals surface area contributed by atoms with E-state index in [2.05, 4.69) is 10.6 Å². The summed E-state index contributed by atoms with van der Waals surface area (Å²) in [5.74, 6) is 0. The number of rotatable bonds is 15. The second-order valence-electron chi connectivity index (χ2n) is 6.22. The molecule has 0 fully saturated rings. The van der Waals surface area contributed by atoms with Crippen molar-refractivity contribution in [3.8, 4) is 0 Å². The lowest BCUT2D eigenvalue weighted by atomic mass is 10.2. The summed E-state index contributed by atoms with van der Waals surface area (Å²) in [6, 6.07) is -0.145. The summed E-state index contributed by atoms with van der Waals surface area (Å²) in [6.45, 7) is 7.03. The molecule has 0 aliphatic rings. The van der Waals surface area contributed by atoms with Gasteiger partial charge in [-0.2, -0.15) is 0 Å². The molecule has 8 N–H and O–H groups in total. The van der Waals surface area contributed by atoms with E-state index in [0.717, 1.165) is 38.6 Å². The zero-order valence-corrected chi connectivity index (χ0v) is 16.3.